The summed E-state index contributed by atoms with van der Waals surface area (Å²) in [6.07, 6.45) is -0.842. The molecule has 0 radical (unpaired) electrons. The summed E-state index contributed by atoms with van der Waals surface area (Å²) in [5.74, 6) is -1.09. The largest absolute Gasteiger partial charge is 0.444 e. The van der Waals surface area contributed by atoms with Crippen LogP contribution in [-0.2, 0) is 14.3 Å². The van der Waals surface area contributed by atoms with Gasteiger partial charge >= 0.3 is 6.09 Å². The summed E-state index contributed by atoms with van der Waals surface area (Å²) in [5, 5.41) is 15.6. The number of hydrogen-bond donors (Lipinski definition) is 3. The maximum absolute atomic E-state index is 13.7. The summed E-state index contributed by atoms with van der Waals surface area (Å²) >= 11 is 6.35. The van der Waals surface area contributed by atoms with Crippen LogP contribution in [0.4, 0.5) is 10.5 Å². The fraction of sp³-hybridized carbons (Fsp3) is 0.444. The number of nitrogens with zero attached hydrogens (tertiary/aromatic N) is 1. The van der Waals surface area contributed by atoms with Crippen LogP contribution in [0.25, 0.3) is 0 Å². The van der Waals surface area contributed by atoms with E-state index in [1.165, 1.54) is 4.90 Å². The molecule has 196 valence electrons. The Hall–Kier alpha value is -3.10. The van der Waals surface area contributed by atoms with Gasteiger partial charge in [-0.1, -0.05) is 47.5 Å². The van der Waals surface area contributed by atoms with Gasteiger partial charge in [0.25, 0.3) is 5.91 Å². The number of nitrogens with one attached hydrogen (secondary N) is 2. The van der Waals surface area contributed by atoms with E-state index in [9.17, 15) is 19.5 Å². The molecule has 0 heterocycles. The van der Waals surface area contributed by atoms with Gasteiger partial charge in [0.1, 0.15) is 17.7 Å². The fourth-order valence-electron chi connectivity index (χ4n) is 3.87. The number of para-hydroxylation sites is 1. The molecule has 2 aromatic carbocycles. The molecule has 2 rings (SSSR count). The van der Waals surface area contributed by atoms with Crippen LogP contribution in [-0.4, -0.2) is 52.7 Å². The number of aliphatic hydroxyl groups excluding tert-OH is 1. The summed E-state index contributed by atoms with van der Waals surface area (Å²) in [4.78, 5) is 41.0. The van der Waals surface area contributed by atoms with Crippen molar-refractivity contribution in [3.63, 3.8) is 0 Å². The Bertz CT molecular complexity index is 1090. The number of anilines is 1. The standard InChI is InChI=1S/C27H36ClN3O5/c1-8-31(25(34)21(15-32)29-26(35)36-27(5,6)7)23(19-13-12-16(2)14-18(19)4)24(33)30-22-17(3)10-9-11-20(22)28/h9-14,21,23,32H,8,15H2,1-7H3,(H,29,35)(H,30,33). The number of carbonyl (C=O) groups is 3. The second kappa shape index (κ2) is 12.2. The molecule has 0 aliphatic rings. The second-order valence-corrected chi connectivity index (χ2v) is 10.1. The lowest BCUT2D eigenvalue weighted by molar-refractivity contribution is -0.141. The third-order valence-corrected chi connectivity index (χ3v) is 5.86. The number of amides is 3. The molecule has 0 bridgehead atoms. The van der Waals surface area contributed by atoms with Crippen LogP contribution in [0.1, 0.15) is 56.0 Å². The van der Waals surface area contributed by atoms with E-state index >= 15 is 0 Å². The number of halogens is 1. The highest BCUT2D eigenvalue weighted by atomic mass is 35.5. The van der Waals surface area contributed by atoms with E-state index in [4.69, 9.17) is 16.3 Å². The maximum atomic E-state index is 13.7. The zero-order valence-electron chi connectivity index (χ0n) is 21.9. The van der Waals surface area contributed by atoms with Crippen LogP contribution in [0.2, 0.25) is 5.02 Å². The number of carbonyl (C=O) groups excluding carboxylic acids is 3. The van der Waals surface area contributed by atoms with Gasteiger partial charge in [0, 0.05) is 6.54 Å². The topological polar surface area (TPSA) is 108 Å². The number of aliphatic hydroxyl groups is 1. The van der Waals surface area contributed by atoms with Crippen LogP contribution >= 0.6 is 11.6 Å². The number of alkyl carbamates (subject to hydrolysis) is 1. The van der Waals surface area contributed by atoms with Gasteiger partial charge in [0.05, 0.1) is 17.3 Å². The maximum Gasteiger partial charge on any atom is 0.408 e. The van der Waals surface area contributed by atoms with E-state index in [1.807, 2.05) is 39.0 Å². The Morgan fingerprint density at radius 3 is 2.28 bits per heavy atom. The minimum absolute atomic E-state index is 0.137. The molecular formula is C27H36ClN3O5. The van der Waals surface area contributed by atoms with Crippen molar-refractivity contribution in [2.45, 2.75) is 66.2 Å². The lowest BCUT2D eigenvalue weighted by Gasteiger charge is -2.34. The molecule has 0 aromatic heterocycles. The van der Waals surface area contributed by atoms with Gasteiger partial charge in [0.15, 0.2) is 0 Å². The van der Waals surface area contributed by atoms with Crippen molar-refractivity contribution in [2.75, 3.05) is 18.5 Å². The monoisotopic (exact) mass is 517 g/mol. The first-order valence-electron chi connectivity index (χ1n) is 11.8. The Labute approximate surface area is 218 Å². The summed E-state index contributed by atoms with van der Waals surface area (Å²) < 4.78 is 5.24. The third kappa shape index (κ3) is 7.45. The van der Waals surface area contributed by atoms with E-state index in [0.717, 1.165) is 16.7 Å². The first kappa shape index (κ1) is 29.1. The van der Waals surface area contributed by atoms with E-state index in [0.29, 0.717) is 16.3 Å². The molecule has 8 nitrogen and oxygen atoms in total. The second-order valence-electron chi connectivity index (χ2n) is 9.69. The molecule has 2 atom stereocenters. The lowest BCUT2D eigenvalue weighted by Crippen LogP contribution is -2.53. The molecule has 36 heavy (non-hydrogen) atoms. The zero-order chi connectivity index (χ0) is 27.2. The number of ether oxygens (including phenoxy) is 1. The summed E-state index contributed by atoms with van der Waals surface area (Å²) in [6, 6.07) is 8.52. The van der Waals surface area contributed by atoms with E-state index in [1.54, 1.807) is 45.9 Å². The molecule has 0 aliphatic heterocycles. The summed E-state index contributed by atoms with van der Waals surface area (Å²) in [6.45, 7) is 11.9. The molecule has 3 amide bonds. The van der Waals surface area contributed by atoms with Crippen molar-refractivity contribution in [3.8, 4) is 0 Å². The Morgan fingerprint density at radius 2 is 1.75 bits per heavy atom. The van der Waals surface area contributed by atoms with Crippen LogP contribution in [0.5, 0.6) is 0 Å². The highest BCUT2D eigenvalue weighted by Gasteiger charge is 2.36. The smallest absolute Gasteiger partial charge is 0.408 e. The van der Waals surface area contributed by atoms with Gasteiger partial charge in [-0.25, -0.2) is 4.79 Å². The van der Waals surface area contributed by atoms with Crippen molar-refractivity contribution in [1.82, 2.24) is 10.2 Å². The minimum Gasteiger partial charge on any atom is -0.444 e. The van der Waals surface area contributed by atoms with E-state index in [2.05, 4.69) is 10.6 Å². The highest BCUT2D eigenvalue weighted by Crippen LogP contribution is 2.30. The molecule has 0 aliphatic carbocycles. The van der Waals surface area contributed by atoms with Gasteiger partial charge in [-0.15, -0.1) is 0 Å². The lowest BCUT2D eigenvalue weighted by atomic mass is 9.96. The zero-order valence-corrected chi connectivity index (χ0v) is 22.7. The highest BCUT2D eigenvalue weighted by molar-refractivity contribution is 6.34. The van der Waals surface area contributed by atoms with Crippen LogP contribution in [0.3, 0.4) is 0 Å². The van der Waals surface area contributed by atoms with Crippen molar-refractivity contribution < 1.29 is 24.2 Å². The number of rotatable bonds is 8. The first-order chi connectivity index (χ1) is 16.8. The molecular weight excluding hydrogens is 482 g/mol. The summed E-state index contributed by atoms with van der Waals surface area (Å²) in [5.41, 5.74) is 2.88. The van der Waals surface area contributed by atoms with Crippen molar-refractivity contribution in [3.05, 3.63) is 63.7 Å². The van der Waals surface area contributed by atoms with E-state index in [-0.39, 0.29) is 6.54 Å². The average molecular weight is 518 g/mol. The fourth-order valence-corrected chi connectivity index (χ4v) is 4.14. The molecule has 0 saturated carbocycles. The minimum atomic E-state index is -1.30. The number of likely N-dealkylation sites (N-methyl/N-ethyl adjacent to an activating group) is 1. The van der Waals surface area contributed by atoms with Gasteiger partial charge in [-0.2, -0.15) is 0 Å². The number of hydrogen-bond acceptors (Lipinski definition) is 5. The quantitative estimate of drug-likeness (QED) is 0.471. The Morgan fingerprint density at radius 1 is 1.08 bits per heavy atom. The average Bonchev–Trinajstić information content (AvgIpc) is 2.77. The molecule has 0 spiro atoms. The first-order valence-corrected chi connectivity index (χ1v) is 12.2. The number of aryl methyl sites for hydroxylation is 3. The summed E-state index contributed by atoms with van der Waals surface area (Å²) in [7, 11) is 0. The molecule has 0 saturated heterocycles. The Balaban J connectivity index is 2.49. The van der Waals surface area contributed by atoms with Crippen LogP contribution < -0.4 is 10.6 Å². The van der Waals surface area contributed by atoms with Crippen molar-refractivity contribution >= 4 is 35.2 Å². The van der Waals surface area contributed by atoms with Gasteiger partial charge in [-0.05, 0) is 71.2 Å². The molecule has 3 N–H and O–H groups in total. The predicted molar refractivity (Wildman–Crippen MR) is 141 cm³/mol. The van der Waals surface area contributed by atoms with Crippen LogP contribution in [0, 0.1) is 20.8 Å². The normalized spacial score (nSPS) is 12.9. The van der Waals surface area contributed by atoms with E-state index < -0.39 is 42.2 Å². The van der Waals surface area contributed by atoms with Gasteiger partial charge in [-0.3, -0.25) is 9.59 Å². The van der Waals surface area contributed by atoms with Gasteiger partial charge < -0.3 is 25.4 Å². The predicted octanol–water partition coefficient (Wildman–Crippen LogP) is 4.68. The molecule has 0 fully saturated rings. The molecule has 2 unspecified atom stereocenters. The molecule has 9 heteroatoms. The van der Waals surface area contributed by atoms with Gasteiger partial charge in [0.2, 0.25) is 5.91 Å². The Kier molecular flexibility index (Phi) is 9.90. The number of benzene rings is 2. The van der Waals surface area contributed by atoms with Crippen molar-refractivity contribution in [2.24, 2.45) is 0 Å². The third-order valence-electron chi connectivity index (χ3n) is 5.55. The SMILES string of the molecule is CCN(C(=O)C(CO)NC(=O)OC(C)(C)C)C(C(=O)Nc1c(C)cccc1Cl)c1ccc(C)cc1C. The van der Waals surface area contributed by atoms with Crippen LogP contribution in [0.15, 0.2) is 36.4 Å². The van der Waals surface area contributed by atoms with Crippen molar-refractivity contribution in [1.29, 1.82) is 0 Å². The molecule has 2 aromatic rings.